The van der Waals surface area contributed by atoms with Gasteiger partial charge in [0.2, 0.25) is 0 Å². The van der Waals surface area contributed by atoms with Crippen molar-refractivity contribution >= 4 is 23.2 Å². The summed E-state index contributed by atoms with van der Waals surface area (Å²) in [6, 6.07) is 5.41. The van der Waals surface area contributed by atoms with Crippen LogP contribution in [0, 0.1) is 6.92 Å². The van der Waals surface area contributed by atoms with Crippen molar-refractivity contribution in [2.24, 2.45) is 5.84 Å². The monoisotopic (exact) mass is 213 g/mol. The van der Waals surface area contributed by atoms with E-state index in [1.807, 2.05) is 24.5 Å². The molecule has 0 saturated heterocycles. The molecule has 0 fully saturated rings. The summed E-state index contributed by atoms with van der Waals surface area (Å²) >= 11 is 5.78. The van der Waals surface area contributed by atoms with Gasteiger partial charge in [0.15, 0.2) is 0 Å². The van der Waals surface area contributed by atoms with Crippen LogP contribution in [0.25, 0.3) is 0 Å². The van der Waals surface area contributed by atoms with Gasteiger partial charge in [-0.2, -0.15) is 0 Å². The number of aryl methyl sites for hydroxylation is 1. The fraction of sp³-hybridized carbons (Fsp3) is 0.222. The molecule has 76 valence electrons. The Morgan fingerprint density at radius 1 is 1.57 bits per heavy atom. The molecule has 0 aliphatic carbocycles. The molecule has 0 aliphatic rings. The van der Waals surface area contributed by atoms with Gasteiger partial charge in [0, 0.05) is 10.7 Å². The maximum absolute atomic E-state index is 10.8. The molecule has 0 heterocycles. The Bertz CT molecular complexity index is 341. The van der Waals surface area contributed by atoms with Gasteiger partial charge in [-0.25, -0.2) is 5.84 Å². The zero-order valence-electron chi connectivity index (χ0n) is 7.80. The number of carbonyl (C=O) groups is 1. The predicted molar refractivity (Wildman–Crippen MR) is 57.0 cm³/mol. The molecule has 0 unspecified atom stereocenters. The number of rotatable bonds is 3. The number of nitrogens with two attached hydrogens (primary N) is 1. The van der Waals surface area contributed by atoms with Crippen LogP contribution in [-0.4, -0.2) is 12.5 Å². The van der Waals surface area contributed by atoms with Crippen molar-refractivity contribution in [1.29, 1.82) is 0 Å². The standard InChI is InChI=1S/C9H12ClN3O/c1-6-4-7(10)2-3-8(6)12-5-9(14)13-11/h2-4,12H,5,11H2,1H3,(H,13,14). The van der Waals surface area contributed by atoms with Gasteiger partial charge < -0.3 is 5.32 Å². The molecule has 4 N–H and O–H groups in total. The molecule has 1 aromatic carbocycles. The molecular weight excluding hydrogens is 202 g/mol. The van der Waals surface area contributed by atoms with E-state index in [1.54, 1.807) is 6.07 Å². The highest BCUT2D eigenvalue weighted by atomic mass is 35.5. The molecule has 0 spiro atoms. The molecule has 1 amide bonds. The van der Waals surface area contributed by atoms with Gasteiger partial charge in [-0.15, -0.1) is 0 Å². The third-order valence-corrected chi connectivity index (χ3v) is 2.02. The van der Waals surface area contributed by atoms with Crippen molar-refractivity contribution in [1.82, 2.24) is 5.43 Å². The number of amides is 1. The summed E-state index contributed by atoms with van der Waals surface area (Å²) in [5.74, 6) is 4.67. The molecule has 0 atom stereocenters. The van der Waals surface area contributed by atoms with Crippen LogP contribution in [0.3, 0.4) is 0 Å². The first-order valence-corrected chi connectivity index (χ1v) is 4.50. The lowest BCUT2D eigenvalue weighted by molar-refractivity contribution is -0.119. The van der Waals surface area contributed by atoms with Crippen LogP contribution in [0.5, 0.6) is 0 Å². The second-order valence-electron chi connectivity index (χ2n) is 2.88. The number of benzene rings is 1. The van der Waals surface area contributed by atoms with Gasteiger partial charge >= 0.3 is 0 Å². The molecule has 0 aliphatic heterocycles. The first-order chi connectivity index (χ1) is 6.63. The predicted octanol–water partition coefficient (Wildman–Crippen LogP) is 1.05. The summed E-state index contributed by atoms with van der Waals surface area (Å²) in [6.07, 6.45) is 0. The normalized spacial score (nSPS) is 9.64. The maximum Gasteiger partial charge on any atom is 0.253 e. The fourth-order valence-electron chi connectivity index (χ4n) is 1.05. The van der Waals surface area contributed by atoms with Crippen LogP contribution >= 0.6 is 11.6 Å². The molecule has 4 nitrogen and oxygen atoms in total. The lowest BCUT2D eigenvalue weighted by Crippen LogP contribution is -2.35. The zero-order valence-corrected chi connectivity index (χ0v) is 8.56. The molecule has 14 heavy (non-hydrogen) atoms. The SMILES string of the molecule is Cc1cc(Cl)ccc1NCC(=O)NN. The molecule has 0 radical (unpaired) electrons. The first kappa shape index (κ1) is 10.8. The summed E-state index contributed by atoms with van der Waals surface area (Å²) in [5, 5.41) is 3.62. The third kappa shape index (κ3) is 2.90. The van der Waals surface area contributed by atoms with Gasteiger partial charge in [0.25, 0.3) is 5.91 Å². The van der Waals surface area contributed by atoms with E-state index in [-0.39, 0.29) is 12.5 Å². The smallest absolute Gasteiger partial charge is 0.253 e. The Morgan fingerprint density at radius 2 is 2.29 bits per heavy atom. The third-order valence-electron chi connectivity index (χ3n) is 1.79. The van der Waals surface area contributed by atoms with E-state index in [0.717, 1.165) is 11.3 Å². The number of anilines is 1. The van der Waals surface area contributed by atoms with Crippen molar-refractivity contribution in [2.75, 3.05) is 11.9 Å². The zero-order chi connectivity index (χ0) is 10.6. The van der Waals surface area contributed by atoms with Crippen LogP contribution in [0.4, 0.5) is 5.69 Å². The number of carbonyl (C=O) groups excluding carboxylic acids is 1. The molecular formula is C9H12ClN3O. The summed E-state index contributed by atoms with van der Waals surface area (Å²) < 4.78 is 0. The first-order valence-electron chi connectivity index (χ1n) is 4.13. The molecule has 1 rings (SSSR count). The van der Waals surface area contributed by atoms with Crippen molar-refractivity contribution in [2.45, 2.75) is 6.92 Å². The Balaban J connectivity index is 2.63. The van der Waals surface area contributed by atoms with Crippen LogP contribution < -0.4 is 16.6 Å². The lowest BCUT2D eigenvalue weighted by Gasteiger charge is -2.08. The maximum atomic E-state index is 10.8. The van der Waals surface area contributed by atoms with Gasteiger partial charge in [-0.3, -0.25) is 10.2 Å². The highest BCUT2D eigenvalue weighted by Gasteiger charge is 2.01. The largest absolute Gasteiger partial charge is 0.376 e. The van der Waals surface area contributed by atoms with E-state index in [9.17, 15) is 4.79 Å². The number of halogens is 1. The minimum Gasteiger partial charge on any atom is -0.376 e. The summed E-state index contributed by atoms with van der Waals surface area (Å²) in [7, 11) is 0. The van der Waals surface area contributed by atoms with Gasteiger partial charge in [-0.05, 0) is 30.7 Å². The van der Waals surface area contributed by atoms with E-state index < -0.39 is 0 Å². The Morgan fingerprint density at radius 3 is 2.86 bits per heavy atom. The summed E-state index contributed by atoms with van der Waals surface area (Å²) in [4.78, 5) is 10.8. The fourth-order valence-corrected chi connectivity index (χ4v) is 1.28. The van der Waals surface area contributed by atoms with Crippen LogP contribution in [-0.2, 0) is 4.79 Å². The lowest BCUT2D eigenvalue weighted by atomic mass is 10.2. The van der Waals surface area contributed by atoms with E-state index in [2.05, 4.69) is 5.32 Å². The second kappa shape index (κ2) is 4.83. The Hall–Kier alpha value is -1.26. The molecule has 1 aromatic rings. The number of nitrogens with one attached hydrogen (secondary N) is 2. The average molecular weight is 214 g/mol. The number of hydrogen-bond donors (Lipinski definition) is 3. The van der Waals surface area contributed by atoms with Crippen molar-refractivity contribution < 1.29 is 4.79 Å². The van der Waals surface area contributed by atoms with Gasteiger partial charge in [0.1, 0.15) is 0 Å². The summed E-state index contributed by atoms with van der Waals surface area (Å²) in [5.41, 5.74) is 3.90. The van der Waals surface area contributed by atoms with E-state index in [4.69, 9.17) is 17.4 Å². The highest BCUT2D eigenvalue weighted by Crippen LogP contribution is 2.18. The van der Waals surface area contributed by atoms with Crippen molar-refractivity contribution in [3.63, 3.8) is 0 Å². The van der Waals surface area contributed by atoms with Gasteiger partial charge in [-0.1, -0.05) is 11.6 Å². The Kier molecular flexibility index (Phi) is 3.73. The highest BCUT2D eigenvalue weighted by molar-refractivity contribution is 6.30. The van der Waals surface area contributed by atoms with Crippen molar-refractivity contribution in [3.8, 4) is 0 Å². The Labute approximate surface area is 87.4 Å². The number of hydrazine groups is 1. The molecule has 5 heteroatoms. The summed E-state index contributed by atoms with van der Waals surface area (Å²) in [6.45, 7) is 2.06. The topological polar surface area (TPSA) is 67.2 Å². The van der Waals surface area contributed by atoms with Crippen molar-refractivity contribution in [3.05, 3.63) is 28.8 Å². The van der Waals surface area contributed by atoms with Gasteiger partial charge in [0.05, 0.1) is 6.54 Å². The molecule has 0 bridgehead atoms. The minimum atomic E-state index is -0.264. The second-order valence-corrected chi connectivity index (χ2v) is 3.32. The van der Waals surface area contributed by atoms with Crippen LogP contribution in [0.1, 0.15) is 5.56 Å². The minimum absolute atomic E-state index is 0.152. The molecule has 0 saturated carbocycles. The molecule has 0 aromatic heterocycles. The number of hydrogen-bond acceptors (Lipinski definition) is 3. The quantitative estimate of drug-likeness (QED) is 0.400. The van der Waals surface area contributed by atoms with E-state index in [0.29, 0.717) is 5.02 Å². The van der Waals surface area contributed by atoms with Crippen LogP contribution in [0.15, 0.2) is 18.2 Å². The van der Waals surface area contributed by atoms with Crippen LogP contribution in [0.2, 0.25) is 5.02 Å². The van der Waals surface area contributed by atoms with E-state index >= 15 is 0 Å². The average Bonchev–Trinajstić information content (AvgIpc) is 2.16. The van der Waals surface area contributed by atoms with E-state index in [1.165, 1.54) is 0 Å².